The summed E-state index contributed by atoms with van der Waals surface area (Å²) in [6.45, 7) is 0.365. The molecule has 2 fully saturated rings. The highest BCUT2D eigenvalue weighted by atomic mass is 16.3. The molecular formula is C30H34N4O7. The number of aromatic hydroxyl groups is 1. The molecule has 0 aromatic heterocycles. The van der Waals surface area contributed by atoms with Crippen LogP contribution in [0.4, 0.5) is 11.4 Å². The first-order valence-corrected chi connectivity index (χ1v) is 13.5. The van der Waals surface area contributed by atoms with Crippen molar-refractivity contribution >= 4 is 40.4 Å². The number of aliphatic hydroxyl groups is 1. The zero-order chi connectivity index (χ0) is 30.0. The number of Topliss-reactive ketones (excluding diaryl/α,β-unsaturated/α-hetero) is 4. The number of fused-ring (bicyclic) bond motifs is 3. The molecule has 0 heterocycles. The number of phenols is 1. The Bertz CT molecular complexity index is 1470. The zero-order valence-corrected chi connectivity index (χ0v) is 23.4. The molecule has 11 heteroatoms. The summed E-state index contributed by atoms with van der Waals surface area (Å²) in [5.74, 6) is -10.6. The summed E-state index contributed by atoms with van der Waals surface area (Å²) in [5, 5.41) is 26.2. The molecule has 6 atom stereocenters. The van der Waals surface area contributed by atoms with E-state index < -0.39 is 64.4 Å². The number of carbonyl (C=O) groups is 5. The van der Waals surface area contributed by atoms with E-state index in [0.717, 1.165) is 5.56 Å². The lowest BCUT2D eigenvalue weighted by Crippen LogP contribution is -2.74. The molecule has 2 saturated carbocycles. The minimum Gasteiger partial charge on any atom is -0.505 e. The first-order chi connectivity index (χ1) is 19.3. The molecule has 0 saturated heterocycles. The van der Waals surface area contributed by atoms with Gasteiger partial charge in [0.15, 0.2) is 34.7 Å². The van der Waals surface area contributed by atoms with E-state index in [0.29, 0.717) is 23.5 Å². The summed E-state index contributed by atoms with van der Waals surface area (Å²) in [4.78, 5) is 70.2. The minimum atomic E-state index is -2.75. The van der Waals surface area contributed by atoms with Crippen LogP contribution in [0.3, 0.4) is 0 Å². The van der Waals surface area contributed by atoms with Crippen LogP contribution < -0.4 is 16.0 Å². The zero-order valence-electron chi connectivity index (χ0n) is 23.4. The van der Waals surface area contributed by atoms with Crippen LogP contribution in [0.2, 0.25) is 0 Å². The van der Waals surface area contributed by atoms with E-state index in [1.807, 2.05) is 35.2 Å². The van der Waals surface area contributed by atoms with Crippen LogP contribution in [-0.4, -0.2) is 84.0 Å². The maximum absolute atomic E-state index is 14.1. The first kappa shape index (κ1) is 28.4. The van der Waals surface area contributed by atoms with Crippen molar-refractivity contribution in [3.8, 4) is 5.75 Å². The maximum Gasteiger partial charge on any atom is 0.235 e. The summed E-state index contributed by atoms with van der Waals surface area (Å²) in [7, 11) is 6.72. The van der Waals surface area contributed by atoms with E-state index >= 15 is 0 Å². The number of hydrogen-bond acceptors (Lipinski definition) is 10. The van der Waals surface area contributed by atoms with E-state index in [1.165, 1.54) is 4.90 Å². The Hall–Kier alpha value is -4.09. The second kappa shape index (κ2) is 10.1. The number of ketones is 4. The molecule has 1 amide bonds. The number of nitrogens with one attached hydrogen (secondary N) is 1. The van der Waals surface area contributed by atoms with Crippen molar-refractivity contribution in [2.45, 2.75) is 31.0 Å². The monoisotopic (exact) mass is 562 g/mol. The van der Waals surface area contributed by atoms with Gasteiger partial charge in [-0.25, -0.2) is 0 Å². The van der Waals surface area contributed by atoms with Crippen LogP contribution in [0.1, 0.15) is 27.9 Å². The highest BCUT2D eigenvalue weighted by Crippen LogP contribution is 2.52. The molecular weight excluding hydrogens is 528 g/mol. The molecule has 3 aliphatic rings. The van der Waals surface area contributed by atoms with Crippen LogP contribution in [-0.2, 0) is 32.1 Å². The molecule has 2 aromatic carbocycles. The molecule has 0 spiro atoms. The van der Waals surface area contributed by atoms with E-state index in [2.05, 4.69) is 5.32 Å². The van der Waals surface area contributed by atoms with Gasteiger partial charge in [0, 0.05) is 32.2 Å². The molecule has 216 valence electrons. The fraction of sp³-hybridized carbons (Fsp3) is 0.433. The lowest BCUT2D eigenvalue weighted by Gasteiger charge is -2.52. The first-order valence-electron chi connectivity index (χ1n) is 13.5. The molecule has 41 heavy (non-hydrogen) atoms. The van der Waals surface area contributed by atoms with Gasteiger partial charge in [-0.15, -0.1) is 0 Å². The molecule has 11 nitrogen and oxygen atoms in total. The summed E-state index contributed by atoms with van der Waals surface area (Å²) >= 11 is 0. The number of nitrogens with two attached hydrogens (primary N) is 1. The number of amides is 1. The van der Waals surface area contributed by atoms with Gasteiger partial charge in [0.2, 0.25) is 5.91 Å². The largest absolute Gasteiger partial charge is 0.505 e. The van der Waals surface area contributed by atoms with Crippen LogP contribution in [0.25, 0.3) is 0 Å². The maximum atomic E-state index is 14.1. The highest BCUT2D eigenvalue weighted by Gasteiger charge is 2.69. The van der Waals surface area contributed by atoms with Gasteiger partial charge in [0.05, 0.1) is 23.2 Å². The third-order valence-corrected chi connectivity index (χ3v) is 8.85. The summed E-state index contributed by atoms with van der Waals surface area (Å²) in [6.07, 6.45) is 0.206. The predicted molar refractivity (Wildman–Crippen MR) is 149 cm³/mol. The van der Waals surface area contributed by atoms with Crippen LogP contribution in [0, 0.1) is 23.7 Å². The van der Waals surface area contributed by atoms with Gasteiger partial charge in [-0.3, -0.25) is 28.9 Å². The quantitative estimate of drug-likeness (QED) is 0.288. The fourth-order valence-corrected chi connectivity index (χ4v) is 6.98. The Morgan fingerprint density at radius 1 is 1.07 bits per heavy atom. The third kappa shape index (κ3) is 4.22. The van der Waals surface area contributed by atoms with Gasteiger partial charge in [0.1, 0.15) is 5.75 Å². The van der Waals surface area contributed by atoms with Gasteiger partial charge >= 0.3 is 0 Å². The predicted octanol–water partition coefficient (Wildman–Crippen LogP) is 0.545. The Morgan fingerprint density at radius 2 is 1.73 bits per heavy atom. The highest BCUT2D eigenvalue weighted by molar-refractivity contribution is 6.32. The standard InChI is InChI=1S/C30H34N4O7/c1-33(2)19-12-18(32-13-14-8-6-5-7-9-14)24(35)21-16(19)10-15-11-17-23(34(3)4)26(37)22(29(31)40)28(39)30(17,41)27(38)20(15)25(21)36/h5-9,12,15,17,20,22-23,32,35,41H,10-11,13H2,1-4H3,(H2,31,40)/t15-,17-,20?,22?,23-,30-/m0/s1. The normalized spacial score (nSPS) is 29.1. The molecule has 0 bridgehead atoms. The van der Waals surface area contributed by atoms with Gasteiger partial charge in [-0.05, 0) is 50.0 Å². The Kier molecular flexibility index (Phi) is 6.99. The summed E-state index contributed by atoms with van der Waals surface area (Å²) in [5.41, 5.74) is 5.04. The molecule has 2 aromatic rings. The topological polar surface area (TPSA) is 170 Å². The minimum absolute atomic E-state index is 0.00549. The Morgan fingerprint density at radius 3 is 2.32 bits per heavy atom. The Balaban J connectivity index is 1.60. The second-order valence-corrected chi connectivity index (χ2v) is 11.7. The molecule has 5 N–H and O–H groups in total. The van der Waals surface area contributed by atoms with Gasteiger partial charge in [-0.2, -0.15) is 0 Å². The number of primary amides is 1. The summed E-state index contributed by atoms with van der Waals surface area (Å²) in [6, 6.07) is 10.1. The van der Waals surface area contributed by atoms with Crippen LogP contribution in [0.5, 0.6) is 5.75 Å². The number of rotatable bonds is 6. The average molecular weight is 563 g/mol. The molecule has 2 unspecified atom stereocenters. The van der Waals surface area contributed by atoms with E-state index in [9.17, 15) is 34.2 Å². The van der Waals surface area contributed by atoms with Crippen molar-refractivity contribution in [2.75, 3.05) is 38.4 Å². The van der Waals surface area contributed by atoms with Crippen molar-refractivity contribution in [1.82, 2.24) is 4.90 Å². The third-order valence-electron chi connectivity index (χ3n) is 8.85. The molecule has 0 aliphatic heterocycles. The summed E-state index contributed by atoms with van der Waals surface area (Å²) < 4.78 is 0. The molecule has 0 radical (unpaired) electrons. The van der Waals surface area contributed by atoms with Crippen molar-refractivity contribution in [3.63, 3.8) is 0 Å². The van der Waals surface area contributed by atoms with Crippen LogP contribution in [0.15, 0.2) is 36.4 Å². The van der Waals surface area contributed by atoms with Crippen molar-refractivity contribution in [3.05, 3.63) is 53.1 Å². The number of nitrogens with zero attached hydrogens (tertiary/aromatic N) is 2. The number of phenolic OH excluding ortho intramolecular Hbond substituents is 1. The SMILES string of the molecule is CN(C)c1cc(NCc2ccccc2)c(O)c2c1C[C@H]1C[C@H]3[C@H](N(C)C)C(=O)C(C(N)=O)C(=O)[C@@]3(O)C(=O)C1C2=O. The van der Waals surface area contributed by atoms with Crippen LogP contribution >= 0.6 is 0 Å². The van der Waals surface area contributed by atoms with Crippen molar-refractivity contribution in [1.29, 1.82) is 0 Å². The van der Waals surface area contributed by atoms with Gasteiger partial charge < -0.3 is 26.2 Å². The number of carbonyl (C=O) groups excluding carboxylic acids is 5. The van der Waals surface area contributed by atoms with Crippen molar-refractivity contribution in [2.24, 2.45) is 29.4 Å². The van der Waals surface area contributed by atoms with Gasteiger partial charge in [0.25, 0.3) is 0 Å². The number of hydrogen-bond donors (Lipinski definition) is 4. The number of likely N-dealkylation sites (N-methyl/N-ethyl adjacent to an activating group) is 1. The average Bonchev–Trinajstić information content (AvgIpc) is 2.90. The van der Waals surface area contributed by atoms with E-state index in [-0.39, 0.29) is 24.2 Å². The second-order valence-electron chi connectivity index (χ2n) is 11.7. The fourth-order valence-electron chi connectivity index (χ4n) is 6.98. The number of benzene rings is 2. The molecule has 3 aliphatic carbocycles. The van der Waals surface area contributed by atoms with E-state index in [4.69, 9.17) is 5.73 Å². The van der Waals surface area contributed by atoms with Gasteiger partial charge in [-0.1, -0.05) is 30.3 Å². The van der Waals surface area contributed by atoms with Crippen molar-refractivity contribution < 1.29 is 34.2 Å². The smallest absolute Gasteiger partial charge is 0.235 e. The lowest BCUT2D eigenvalue weighted by molar-refractivity contribution is -0.181. The Labute approximate surface area is 237 Å². The van der Waals surface area contributed by atoms with E-state index in [1.54, 1.807) is 34.3 Å². The molecule has 5 rings (SSSR count). The lowest BCUT2D eigenvalue weighted by atomic mass is 9.52. The number of anilines is 2.